The minimum atomic E-state index is 0.0652. The Balaban J connectivity index is 1.87. The summed E-state index contributed by atoms with van der Waals surface area (Å²) in [7, 11) is 0. The largest absolute Gasteiger partial charge is 0.358 e. The molecule has 25 heavy (non-hydrogen) atoms. The van der Waals surface area contributed by atoms with Crippen LogP contribution in [0.4, 0.5) is 5.82 Å². The van der Waals surface area contributed by atoms with Gasteiger partial charge in [0, 0.05) is 33.8 Å². The molecule has 0 aliphatic carbocycles. The Bertz CT molecular complexity index is 985. The number of pyridine rings is 1. The molecular weight excluding hydrogens is 306 g/mol. The van der Waals surface area contributed by atoms with Gasteiger partial charge < -0.3 is 4.98 Å². The molecule has 0 aliphatic rings. The summed E-state index contributed by atoms with van der Waals surface area (Å²) >= 11 is 0. The molecule has 0 bridgehead atoms. The summed E-state index contributed by atoms with van der Waals surface area (Å²) in [6.45, 7) is 4.26. The maximum atomic E-state index is 3.67. The van der Waals surface area contributed by atoms with Gasteiger partial charge in [0.15, 0.2) is 0 Å². The van der Waals surface area contributed by atoms with Crippen molar-refractivity contribution in [2.24, 2.45) is 0 Å². The standard InChI is InChI=1S/C22H21N3/c1-15-10-12-17(13-11-15)22(25-20-9-5-6-14-23-20)21-16(2)24-19-8-4-3-7-18(19)21/h3-14,22,24H,1-2H3,(H,23,25)/p+1/t22-/m1/s1. The summed E-state index contributed by atoms with van der Waals surface area (Å²) < 4.78 is 0. The quantitative estimate of drug-likeness (QED) is 0.555. The first-order chi connectivity index (χ1) is 12.2. The van der Waals surface area contributed by atoms with Crippen LogP contribution in [0, 0.1) is 13.8 Å². The van der Waals surface area contributed by atoms with E-state index in [1.807, 2.05) is 18.3 Å². The van der Waals surface area contributed by atoms with Crippen LogP contribution in [0.25, 0.3) is 10.9 Å². The number of para-hydroxylation sites is 1. The van der Waals surface area contributed by atoms with Gasteiger partial charge in [-0.15, -0.1) is 0 Å². The first-order valence-corrected chi connectivity index (χ1v) is 8.59. The molecule has 3 nitrogen and oxygen atoms in total. The highest BCUT2D eigenvalue weighted by Crippen LogP contribution is 2.33. The van der Waals surface area contributed by atoms with E-state index in [1.165, 1.54) is 33.3 Å². The SMILES string of the molecule is Cc1ccc([C@@H](Nc2cccc[nH+]2)c2c(C)[nH]c3ccccc23)cc1. The predicted octanol–water partition coefficient (Wildman–Crippen LogP) is 4.80. The molecule has 2 aromatic heterocycles. The number of aromatic amines is 2. The Morgan fingerprint density at radius 1 is 0.880 bits per heavy atom. The van der Waals surface area contributed by atoms with Gasteiger partial charge in [0.1, 0.15) is 6.04 Å². The number of hydrogen-bond acceptors (Lipinski definition) is 1. The fourth-order valence-corrected chi connectivity index (χ4v) is 3.39. The molecule has 2 aromatic carbocycles. The lowest BCUT2D eigenvalue weighted by atomic mass is 9.95. The molecule has 0 amide bonds. The van der Waals surface area contributed by atoms with E-state index in [2.05, 4.69) is 83.7 Å². The highest BCUT2D eigenvalue weighted by Gasteiger charge is 2.24. The van der Waals surface area contributed by atoms with E-state index >= 15 is 0 Å². The van der Waals surface area contributed by atoms with E-state index in [4.69, 9.17) is 0 Å². The lowest BCUT2D eigenvalue weighted by molar-refractivity contribution is -0.361. The van der Waals surface area contributed by atoms with E-state index in [0.29, 0.717) is 0 Å². The van der Waals surface area contributed by atoms with Crippen molar-refractivity contribution in [3.05, 3.63) is 95.3 Å². The maximum absolute atomic E-state index is 3.67. The molecule has 0 saturated heterocycles. The van der Waals surface area contributed by atoms with Gasteiger partial charge in [-0.05, 0) is 26.0 Å². The molecule has 0 spiro atoms. The number of benzene rings is 2. The number of aromatic nitrogens is 2. The molecule has 0 saturated carbocycles. The average molecular weight is 328 g/mol. The second-order valence-corrected chi connectivity index (χ2v) is 6.47. The summed E-state index contributed by atoms with van der Waals surface area (Å²) in [6, 6.07) is 23.4. The zero-order valence-corrected chi connectivity index (χ0v) is 14.5. The summed E-state index contributed by atoms with van der Waals surface area (Å²) in [6.07, 6.45) is 1.94. The second-order valence-electron chi connectivity index (χ2n) is 6.47. The monoisotopic (exact) mass is 328 g/mol. The summed E-state index contributed by atoms with van der Waals surface area (Å²) in [4.78, 5) is 6.81. The van der Waals surface area contributed by atoms with Crippen molar-refractivity contribution in [1.82, 2.24) is 4.98 Å². The molecule has 124 valence electrons. The van der Waals surface area contributed by atoms with Crippen molar-refractivity contribution < 1.29 is 4.98 Å². The minimum absolute atomic E-state index is 0.0652. The van der Waals surface area contributed by atoms with E-state index in [-0.39, 0.29) is 6.04 Å². The molecule has 4 aromatic rings. The first-order valence-electron chi connectivity index (χ1n) is 8.59. The Morgan fingerprint density at radius 2 is 1.64 bits per heavy atom. The van der Waals surface area contributed by atoms with Crippen molar-refractivity contribution in [2.45, 2.75) is 19.9 Å². The fourth-order valence-electron chi connectivity index (χ4n) is 3.39. The highest BCUT2D eigenvalue weighted by atomic mass is 15.0. The Labute approximate surface area is 147 Å². The van der Waals surface area contributed by atoms with E-state index < -0.39 is 0 Å². The molecule has 1 atom stereocenters. The predicted molar refractivity (Wildman–Crippen MR) is 103 cm³/mol. The summed E-state index contributed by atoms with van der Waals surface area (Å²) in [5.41, 5.74) is 6.16. The van der Waals surface area contributed by atoms with Crippen LogP contribution in [-0.2, 0) is 0 Å². The van der Waals surface area contributed by atoms with Crippen LogP contribution < -0.4 is 10.3 Å². The molecule has 0 radical (unpaired) electrons. The van der Waals surface area contributed by atoms with Gasteiger partial charge in [-0.1, -0.05) is 54.1 Å². The van der Waals surface area contributed by atoms with E-state index in [9.17, 15) is 0 Å². The number of fused-ring (bicyclic) bond motifs is 1. The number of H-pyrrole nitrogens is 2. The van der Waals surface area contributed by atoms with E-state index in [0.717, 1.165) is 5.82 Å². The van der Waals surface area contributed by atoms with Crippen LogP contribution in [0.2, 0.25) is 0 Å². The third-order valence-electron chi connectivity index (χ3n) is 4.65. The van der Waals surface area contributed by atoms with Gasteiger partial charge in [0.25, 0.3) is 5.82 Å². The molecule has 0 unspecified atom stereocenters. The molecule has 0 aliphatic heterocycles. The average Bonchev–Trinajstić information content (AvgIpc) is 2.97. The normalized spacial score (nSPS) is 12.2. The molecule has 3 heteroatoms. The lowest BCUT2D eigenvalue weighted by Gasteiger charge is -2.16. The van der Waals surface area contributed by atoms with Crippen molar-refractivity contribution >= 4 is 16.7 Å². The molecule has 4 rings (SSSR count). The number of nitrogens with one attached hydrogen (secondary N) is 3. The molecule has 3 N–H and O–H groups in total. The minimum Gasteiger partial charge on any atom is -0.358 e. The van der Waals surface area contributed by atoms with Crippen molar-refractivity contribution in [2.75, 3.05) is 5.32 Å². The smallest absolute Gasteiger partial charge is 0.272 e. The molecule has 0 fully saturated rings. The molecule has 2 heterocycles. The van der Waals surface area contributed by atoms with Crippen molar-refractivity contribution in [3.63, 3.8) is 0 Å². The zero-order valence-electron chi connectivity index (χ0n) is 14.5. The first kappa shape index (κ1) is 15.5. The van der Waals surface area contributed by atoms with Crippen molar-refractivity contribution in [3.8, 4) is 0 Å². The van der Waals surface area contributed by atoms with Gasteiger partial charge in [-0.25, -0.2) is 4.98 Å². The molecular formula is C22H22N3+. The third kappa shape index (κ3) is 3.01. The Hall–Kier alpha value is -3.07. The van der Waals surface area contributed by atoms with Gasteiger partial charge in [-0.3, -0.25) is 5.32 Å². The van der Waals surface area contributed by atoms with E-state index in [1.54, 1.807) is 0 Å². The Morgan fingerprint density at radius 3 is 2.40 bits per heavy atom. The topological polar surface area (TPSA) is 42.0 Å². The van der Waals surface area contributed by atoms with Gasteiger partial charge >= 0.3 is 0 Å². The third-order valence-corrected chi connectivity index (χ3v) is 4.65. The summed E-state index contributed by atoms with van der Waals surface area (Å²) in [5.74, 6) is 0.998. The van der Waals surface area contributed by atoms with Crippen LogP contribution in [0.15, 0.2) is 72.9 Å². The van der Waals surface area contributed by atoms with Crippen LogP contribution in [-0.4, -0.2) is 4.98 Å². The van der Waals surface area contributed by atoms with Gasteiger partial charge in [-0.2, -0.15) is 0 Å². The fraction of sp³-hybridized carbons (Fsp3) is 0.136. The number of rotatable bonds is 4. The summed E-state index contributed by atoms with van der Waals surface area (Å²) in [5, 5.41) is 4.93. The lowest BCUT2D eigenvalue weighted by Crippen LogP contribution is -2.19. The van der Waals surface area contributed by atoms with Crippen LogP contribution in [0.5, 0.6) is 0 Å². The Kier molecular flexibility index (Phi) is 3.98. The second kappa shape index (κ2) is 6.44. The number of hydrogen-bond donors (Lipinski definition) is 2. The zero-order chi connectivity index (χ0) is 17.2. The van der Waals surface area contributed by atoms with Crippen LogP contribution >= 0.6 is 0 Å². The number of anilines is 1. The van der Waals surface area contributed by atoms with Crippen molar-refractivity contribution in [1.29, 1.82) is 0 Å². The van der Waals surface area contributed by atoms with Crippen LogP contribution in [0.1, 0.15) is 28.4 Å². The van der Waals surface area contributed by atoms with Gasteiger partial charge in [0.05, 0.1) is 6.20 Å². The number of aryl methyl sites for hydroxylation is 2. The van der Waals surface area contributed by atoms with Crippen LogP contribution in [0.3, 0.4) is 0 Å². The van der Waals surface area contributed by atoms with Gasteiger partial charge in [0.2, 0.25) is 0 Å². The highest BCUT2D eigenvalue weighted by molar-refractivity contribution is 5.86. The maximum Gasteiger partial charge on any atom is 0.272 e.